The Kier molecular flexibility index (Phi) is 4.32. The molecule has 0 fully saturated rings. The van der Waals surface area contributed by atoms with E-state index in [9.17, 15) is 8.42 Å². The van der Waals surface area contributed by atoms with E-state index in [0.29, 0.717) is 17.6 Å². The van der Waals surface area contributed by atoms with Crippen LogP contribution in [0.15, 0.2) is 29.3 Å². The zero-order valence-corrected chi connectivity index (χ0v) is 12.5. The fraction of sp³-hybridized carbons (Fsp3) is 0.385. The van der Waals surface area contributed by atoms with Crippen LogP contribution in [0.3, 0.4) is 0 Å². The minimum Gasteiger partial charge on any atom is -0.399 e. The van der Waals surface area contributed by atoms with Crippen LogP contribution in [0.1, 0.15) is 6.42 Å². The number of benzene rings is 1. The Morgan fingerprint density at radius 3 is 2.80 bits per heavy atom. The number of hydrogen-bond donors (Lipinski definition) is 3. The largest absolute Gasteiger partial charge is 0.399 e. The zero-order valence-electron chi connectivity index (χ0n) is 11.7. The first kappa shape index (κ1) is 14.8. The molecule has 0 radical (unpaired) electrons. The highest BCUT2D eigenvalue weighted by Gasteiger charge is 2.18. The van der Waals surface area contributed by atoms with E-state index in [2.05, 4.69) is 9.71 Å². The molecule has 0 unspecified atom stereocenters. The maximum Gasteiger partial charge on any atom is 0.242 e. The second-order valence-electron chi connectivity index (χ2n) is 5.01. The lowest BCUT2D eigenvalue weighted by molar-refractivity contribution is 0.400. The number of nitrogens with one attached hydrogen (secondary N) is 2. The summed E-state index contributed by atoms with van der Waals surface area (Å²) in [5.41, 5.74) is 7.02. The molecule has 0 aliphatic carbocycles. The average Bonchev–Trinajstić information content (AvgIpc) is 2.78. The summed E-state index contributed by atoms with van der Waals surface area (Å²) in [6, 6.07) is 5.18. The van der Waals surface area contributed by atoms with Gasteiger partial charge in [-0.15, -0.1) is 0 Å². The molecule has 110 valence electrons. The van der Waals surface area contributed by atoms with E-state index in [1.807, 2.05) is 19.0 Å². The number of aromatic amines is 1. The summed E-state index contributed by atoms with van der Waals surface area (Å²) in [5, 5.41) is 0.616. The fourth-order valence-corrected chi connectivity index (χ4v) is 3.26. The van der Waals surface area contributed by atoms with Crippen LogP contribution in [0.2, 0.25) is 0 Å². The quantitative estimate of drug-likeness (QED) is 0.547. The standard InChI is InChI=1S/C13H20N4O2S/c1-17(2)7-3-6-16-20(18,19)13-9-15-12-5-4-10(14)8-11(12)13/h4-5,8-9,15-16H,3,6-7,14H2,1-2H3. The van der Waals surface area contributed by atoms with E-state index in [4.69, 9.17) is 5.73 Å². The average molecular weight is 296 g/mol. The maximum atomic E-state index is 12.3. The van der Waals surface area contributed by atoms with Crippen molar-refractivity contribution in [2.24, 2.45) is 0 Å². The number of nitrogens with two attached hydrogens (primary N) is 1. The number of H-pyrrole nitrogens is 1. The molecular weight excluding hydrogens is 276 g/mol. The van der Waals surface area contributed by atoms with Gasteiger partial charge in [-0.2, -0.15) is 0 Å². The zero-order chi connectivity index (χ0) is 14.8. The first-order valence-corrected chi connectivity index (χ1v) is 7.89. The van der Waals surface area contributed by atoms with E-state index in [1.165, 1.54) is 6.20 Å². The van der Waals surface area contributed by atoms with Crippen molar-refractivity contribution < 1.29 is 8.42 Å². The molecule has 0 spiro atoms. The predicted molar refractivity (Wildman–Crippen MR) is 81.1 cm³/mol. The third-order valence-electron chi connectivity index (χ3n) is 3.03. The lowest BCUT2D eigenvalue weighted by atomic mass is 10.2. The van der Waals surface area contributed by atoms with Crippen molar-refractivity contribution in [1.29, 1.82) is 0 Å². The smallest absolute Gasteiger partial charge is 0.242 e. The molecule has 0 saturated heterocycles. The molecule has 4 N–H and O–H groups in total. The molecule has 0 saturated carbocycles. The molecule has 1 heterocycles. The topological polar surface area (TPSA) is 91.2 Å². The van der Waals surface area contributed by atoms with Gasteiger partial charge in [-0.1, -0.05) is 0 Å². The highest BCUT2D eigenvalue weighted by atomic mass is 32.2. The minimum atomic E-state index is -3.51. The van der Waals surface area contributed by atoms with Crippen molar-refractivity contribution in [1.82, 2.24) is 14.6 Å². The van der Waals surface area contributed by atoms with Crippen LogP contribution < -0.4 is 10.5 Å². The number of nitrogen functional groups attached to an aromatic ring is 1. The van der Waals surface area contributed by atoms with Crippen LogP contribution in [-0.2, 0) is 10.0 Å². The van der Waals surface area contributed by atoms with Gasteiger partial charge >= 0.3 is 0 Å². The van der Waals surface area contributed by atoms with E-state index < -0.39 is 10.0 Å². The highest BCUT2D eigenvalue weighted by molar-refractivity contribution is 7.89. The van der Waals surface area contributed by atoms with Gasteiger partial charge < -0.3 is 15.6 Å². The van der Waals surface area contributed by atoms with Gasteiger partial charge in [-0.05, 0) is 45.3 Å². The molecule has 0 bridgehead atoms. The molecule has 0 atom stereocenters. The third kappa shape index (κ3) is 3.30. The number of fused-ring (bicyclic) bond motifs is 1. The van der Waals surface area contributed by atoms with Crippen molar-refractivity contribution in [3.8, 4) is 0 Å². The first-order valence-electron chi connectivity index (χ1n) is 6.41. The summed E-state index contributed by atoms with van der Waals surface area (Å²) in [7, 11) is 0.397. The third-order valence-corrected chi connectivity index (χ3v) is 4.53. The van der Waals surface area contributed by atoms with Gasteiger partial charge in [0.15, 0.2) is 0 Å². The SMILES string of the molecule is CN(C)CCCNS(=O)(=O)c1c[nH]c2ccc(N)cc12. The molecule has 7 heteroatoms. The van der Waals surface area contributed by atoms with Gasteiger partial charge in [-0.3, -0.25) is 0 Å². The number of hydrogen-bond acceptors (Lipinski definition) is 4. The molecule has 0 amide bonds. The van der Waals surface area contributed by atoms with Crippen molar-refractivity contribution >= 4 is 26.6 Å². The Bertz CT molecular complexity index is 691. The second kappa shape index (κ2) is 5.82. The van der Waals surface area contributed by atoms with Crippen molar-refractivity contribution in [2.45, 2.75) is 11.3 Å². The van der Waals surface area contributed by atoms with Crippen LogP contribution in [0.5, 0.6) is 0 Å². The van der Waals surface area contributed by atoms with Gasteiger partial charge in [0.1, 0.15) is 4.90 Å². The monoisotopic (exact) mass is 296 g/mol. The van der Waals surface area contributed by atoms with Crippen LogP contribution in [-0.4, -0.2) is 45.5 Å². The Morgan fingerprint density at radius 1 is 1.35 bits per heavy atom. The van der Waals surface area contributed by atoms with Crippen LogP contribution >= 0.6 is 0 Å². The molecule has 2 rings (SSSR count). The fourth-order valence-electron chi connectivity index (χ4n) is 2.01. The molecule has 6 nitrogen and oxygen atoms in total. The highest BCUT2D eigenvalue weighted by Crippen LogP contribution is 2.24. The molecule has 0 aliphatic heterocycles. The molecular formula is C13H20N4O2S. The van der Waals surface area contributed by atoms with Gasteiger partial charge in [0, 0.05) is 29.3 Å². The number of nitrogens with zero attached hydrogens (tertiary/aromatic N) is 1. The van der Waals surface area contributed by atoms with Gasteiger partial charge in [0.25, 0.3) is 0 Å². The first-order chi connectivity index (χ1) is 9.40. The van der Waals surface area contributed by atoms with E-state index in [0.717, 1.165) is 18.5 Å². The summed E-state index contributed by atoms with van der Waals surface area (Å²) in [6.07, 6.45) is 2.26. The molecule has 2 aromatic rings. The van der Waals surface area contributed by atoms with E-state index in [-0.39, 0.29) is 4.90 Å². The van der Waals surface area contributed by atoms with Crippen LogP contribution in [0.4, 0.5) is 5.69 Å². The summed E-state index contributed by atoms with van der Waals surface area (Å²) in [6.45, 7) is 1.25. The number of anilines is 1. The Labute approximate surface area is 119 Å². The summed E-state index contributed by atoms with van der Waals surface area (Å²) >= 11 is 0. The number of aromatic nitrogens is 1. The molecule has 0 aliphatic rings. The van der Waals surface area contributed by atoms with Gasteiger partial charge in [0.05, 0.1) is 0 Å². The van der Waals surface area contributed by atoms with Crippen molar-refractivity contribution in [2.75, 3.05) is 32.9 Å². The summed E-state index contributed by atoms with van der Waals surface area (Å²) in [4.78, 5) is 5.20. The van der Waals surface area contributed by atoms with Crippen LogP contribution in [0.25, 0.3) is 10.9 Å². The molecule has 20 heavy (non-hydrogen) atoms. The lowest BCUT2D eigenvalue weighted by Gasteiger charge is -2.10. The normalized spacial score (nSPS) is 12.3. The Morgan fingerprint density at radius 2 is 2.10 bits per heavy atom. The second-order valence-corrected chi connectivity index (χ2v) is 6.75. The summed E-state index contributed by atoms with van der Waals surface area (Å²) in [5.74, 6) is 0. The Hall–Kier alpha value is -1.57. The number of sulfonamides is 1. The number of rotatable bonds is 6. The van der Waals surface area contributed by atoms with Crippen molar-refractivity contribution in [3.05, 3.63) is 24.4 Å². The van der Waals surface area contributed by atoms with Gasteiger partial charge in [-0.25, -0.2) is 13.1 Å². The van der Waals surface area contributed by atoms with Crippen LogP contribution in [0, 0.1) is 0 Å². The molecule has 1 aromatic carbocycles. The Balaban J connectivity index is 2.17. The van der Waals surface area contributed by atoms with Gasteiger partial charge in [0.2, 0.25) is 10.0 Å². The summed E-state index contributed by atoms with van der Waals surface area (Å²) < 4.78 is 27.2. The van der Waals surface area contributed by atoms with Crippen molar-refractivity contribution in [3.63, 3.8) is 0 Å². The van der Waals surface area contributed by atoms with E-state index in [1.54, 1.807) is 18.2 Å². The maximum absolute atomic E-state index is 12.3. The predicted octanol–water partition coefficient (Wildman–Crippen LogP) is 0.980. The lowest BCUT2D eigenvalue weighted by Crippen LogP contribution is -2.27. The molecule has 1 aromatic heterocycles. The van der Waals surface area contributed by atoms with E-state index >= 15 is 0 Å². The minimum absolute atomic E-state index is 0.240.